The van der Waals surface area contributed by atoms with Crippen LogP contribution in [0.15, 0.2) is 42.5 Å². The molecule has 0 fully saturated rings. The van der Waals surface area contributed by atoms with Crippen molar-refractivity contribution in [1.82, 2.24) is 0 Å². The minimum Gasteiger partial charge on any atom is -0.490 e. The summed E-state index contributed by atoms with van der Waals surface area (Å²) in [7, 11) is 0. The van der Waals surface area contributed by atoms with Gasteiger partial charge in [-0.2, -0.15) is 0 Å². The highest BCUT2D eigenvalue weighted by Gasteiger charge is 2.07. The number of hydrogen-bond donors (Lipinski definition) is 1. The van der Waals surface area contributed by atoms with E-state index in [4.69, 9.17) is 4.74 Å². The average Bonchev–Trinajstić information content (AvgIpc) is 2.59. The predicted molar refractivity (Wildman–Crippen MR) is 98.1 cm³/mol. The Balaban J connectivity index is 1.67. The lowest BCUT2D eigenvalue weighted by Gasteiger charge is -2.14. The number of aliphatic hydroxyl groups excluding tert-OH is 1. The van der Waals surface area contributed by atoms with E-state index in [-0.39, 0.29) is 6.10 Å². The lowest BCUT2D eigenvalue weighted by molar-refractivity contribution is 0.0982. The summed E-state index contributed by atoms with van der Waals surface area (Å²) in [5.74, 6) is 0.863. The van der Waals surface area contributed by atoms with E-state index >= 15 is 0 Å². The quantitative estimate of drug-likeness (QED) is 0.537. The van der Waals surface area contributed by atoms with E-state index in [1.807, 2.05) is 24.3 Å². The molecule has 0 saturated heterocycles. The zero-order valence-electron chi connectivity index (χ0n) is 14.3. The molecule has 2 aromatic rings. The van der Waals surface area contributed by atoms with Gasteiger partial charge < -0.3 is 9.84 Å². The molecule has 126 valence electrons. The molecular weight excluding hydrogens is 284 g/mol. The van der Waals surface area contributed by atoms with E-state index in [0.29, 0.717) is 6.61 Å². The SMILES string of the molecule is CCCCCCCCCC(O)COc1cccc2ccccc12. The molecule has 2 rings (SSSR count). The number of unbranched alkanes of at least 4 members (excludes halogenated alkanes) is 6. The van der Waals surface area contributed by atoms with Crippen LogP contribution in [0.2, 0.25) is 0 Å². The topological polar surface area (TPSA) is 29.5 Å². The van der Waals surface area contributed by atoms with Crippen molar-refractivity contribution in [2.75, 3.05) is 6.61 Å². The van der Waals surface area contributed by atoms with Crippen LogP contribution in [-0.2, 0) is 0 Å². The van der Waals surface area contributed by atoms with Crippen molar-refractivity contribution in [3.05, 3.63) is 42.5 Å². The van der Waals surface area contributed by atoms with E-state index in [1.165, 1.54) is 43.9 Å². The second kappa shape index (κ2) is 10.3. The molecule has 2 heteroatoms. The largest absolute Gasteiger partial charge is 0.490 e. The zero-order valence-corrected chi connectivity index (χ0v) is 14.3. The number of fused-ring (bicyclic) bond motifs is 1. The van der Waals surface area contributed by atoms with Gasteiger partial charge in [0.05, 0.1) is 6.10 Å². The molecule has 0 radical (unpaired) electrons. The van der Waals surface area contributed by atoms with E-state index in [0.717, 1.165) is 24.0 Å². The molecule has 1 unspecified atom stereocenters. The molecule has 0 aliphatic carbocycles. The molecule has 0 saturated carbocycles. The smallest absolute Gasteiger partial charge is 0.127 e. The molecule has 0 aliphatic rings. The minimum atomic E-state index is -0.371. The van der Waals surface area contributed by atoms with Gasteiger partial charge in [0.15, 0.2) is 0 Å². The summed E-state index contributed by atoms with van der Waals surface area (Å²) in [4.78, 5) is 0. The van der Waals surface area contributed by atoms with Crippen molar-refractivity contribution in [3.63, 3.8) is 0 Å². The lowest BCUT2D eigenvalue weighted by Crippen LogP contribution is -2.17. The monoisotopic (exact) mass is 314 g/mol. The fraction of sp³-hybridized carbons (Fsp3) is 0.524. The van der Waals surface area contributed by atoms with Crippen LogP contribution in [-0.4, -0.2) is 17.8 Å². The fourth-order valence-electron chi connectivity index (χ4n) is 2.93. The molecule has 0 spiro atoms. The van der Waals surface area contributed by atoms with E-state index in [2.05, 4.69) is 25.1 Å². The van der Waals surface area contributed by atoms with Crippen molar-refractivity contribution in [3.8, 4) is 5.75 Å². The maximum Gasteiger partial charge on any atom is 0.127 e. The summed E-state index contributed by atoms with van der Waals surface area (Å²) in [5, 5.41) is 12.4. The summed E-state index contributed by atoms with van der Waals surface area (Å²) < 4.78 is 5.84. The van der Waals surface area contributed by atoms with Crippen LogP contribution in [0.5, 0.6) is 5.75 Å². The number of aliphatic hydroxyl groups is 1. The highest BCUT2D eigenvalue weighted by atomic mass is 16.5. The molecule has 0 heterocycles. The second-order valence-corrected chi connectivity index (χ2v) is 6.35. The summed E-state index contributed by atoms with van der Waals surface area (Å²) in [5.41, 5.74) is 0. The number of benzene rings is 2. The number of rotatable bonds is 11. The van der Waals surface area contributed by atoms with Gasteiger partial charge in [0.25, 0.3) is 0 Å². The first kappa shape index (κ1) is 17.8. The summed E-state index contributed by atoms with van der Waals surface area (Å²) >= 11 is 0. The van der Waals surface area contributed by atoms with Gasteiger partial charge >= 0.3 is 0 Å². The summed E-state index contributed by atoms with van der Waals surface area (Å²) in [6.45, 7) is 2.62. The third kappa shape index (κ3) is 6.23. The summed E-state index contributed by atoms with van der Waals surface area (Å²) in [6, 6.07) is 14.2. The van der Waals surface area contributed by atoms with Gasteiger partial charge in [0.1, 0.15) is 12.4 Å². The lowest BCUT2D eigenvalue weighted by atomic mass is 10.1. The van der Waals surface area contributed by atoms with Gasteiger partial charge in [-0.25, -0.2) is 0 Å². The van der Waals surface area contributed by atoms with Crippen LogP contribution in [0.3, 0.4) is 0 Å². The Bertz CT molecular complexity index is 559. The van der Waals surface area contributed by atoms with Crippen molar-refractivity contribution in [2.24, 2.45) is 0 Å². The molecular formula is C21H30O2. The van der Waals surface area contributed by atoms with Crippen LogP contribution in [0.25, 0.3) is 10.8 Å². The molecule has 2 nitrogen and oxygen atoms in total. The normalized spacial score (nSPS) is 12.4. The fourth-order valence-corrected chi connectivity index (χ4v) is 2.93. The van der Waals surface area contributed by atoms with Crippen molar-refractivity contribution in [2.45, 2.75) is 64.4 Å². The maximum atomic E-state index is 10.1. The molecule has 0 aromatic heterocycles. The summed E-state index contributed by atoms with van der Waals surface area (Å²) in [6.07, 6.45) is 9.38. The van der Waals surface area contributed by atoms with Gasteiger partial charge in [-0.15, -0.1) is 0 Å². The molecule has 1 atom stereocenters. The Hall–Kier alpha value is -1.54. The van der Waals surface area contributed by atoms with Crippen LogP contribution in [0.4, 0.5) is 0 Å². The first-order valence-corrected chi connectivity index (χ1v) is 9.10. The third-order valence-corrected chi connectivity index (χ3v) is 4.32. The minimum absolute atomic E-state index is 0.371. The number of hydrogen-bond acceptors (Lipinski definition) is 2. The van der Waals surface area contributed by atoms with E-state index in [1.54, 1.807) is 0 Å². The first-order chi connectivity index (χ1) is 11.3. The van der Waals surface area contributed by atoms with Gasteiger partial charge in [-0.05, 0) is 17.9 Å². The van der Waals surface area contributed by atoms with Crippen molar-refractivity contribution < 1.29 is 9.84 Å². The second-order valence-electron chi connectivity index (χ2n) is 6.35. The Morgan fingerprint density at radius 2 is 1.57 bits per heavy atom. The Labute approximate surface area is 140 Å². The predicted octanol–water partition coefficient (Wildman–Crippen LogP) is 5.72. The number of ether oxygens (including phenoxy) is 1. The van der Waals surface area contributed by atoms with Crippen LogP contribution in [0.1, 0.15) is 58.3 Å². The Morgan fingerprint density at radius 3 is 2.39 bits per heavy atom. The molecule has 2 aromatic carbocycles. The molecule has 0 amide bonds. The zero-order chi connectivity index (χ0) is 16.3. The van der Waals surface area contributed by atoms with Crippen LogP contribution < -0.4 is 4.74 Å². The highest BCUT2D eigenvalue weighted by Crippen LogP contribution is 2.25. The molecule has 1 N–H and O–H groups in total. The Morgan fingerprint density at radius 1 is 0.870 bits per heavy atom. The van der Waals surface area contributed by atoms with E-state index in [9.17, 15) is 5.11 Å². The van der Waals surface area contributed by atoms with Gasteiger partial charge in [-0.1, -0.05) is 88.3 Å². The van der Waals surface area contributed by atoms with Gasteiger partial charge in [-0.3, -0.25) is 0 Å². The van der Waals surface area contributed by atoms with Gasteiger partial charge in [0.2, 0.25) is 0 Å². The standard InChI is InChI=1S/C21H30O2/c1-2-3-4-5-6-7-8-14-19(22)17-23-21-16-11-13-18-12-9-10-15-20(18)21/h9-13,15-16,19,22H,2-8,14,17H2,1H3. The van der Waals surface area contributed by atoms with Crippen molar-refractivity contribution in [1.29, 1.82) is 0 Å². The van der Waals surface area contributed by atoms with Crippen LogP contribution in [0, 0.1) is 0 Å². The third-order valence-electron chi connectivity index (χ3n) is 4.32. The highest BCUT2D eigenvalue weighted by molar-refractivity contribution is 5.88. The Kier molecular flexibility index (Phi) is 7.96. The maximum absolute atomic E-state index is 10.1. The molecule has 0 aliphatic heterocycles. The van der Waals surface area contributed by atoms with Crippen molar-refractivity contribution >= 4 is 10.8 Å². The van der Waals surface area contributed by atoms with E-state index < -0.39 is 0 Å². The van der Waals surface area contributed by atoms with Gasteiger partial charge in [0, 0.05) is 5.39 Å². The first-order valence-electron chi connectivity index (χ1n) is 9.10. The average molecular weight is 314 g/mol. The molecule has 0 bridgehead atoms. The van der Waals surface area contributed by atoms with Crippen LogP contribution >= 0.6 is 0 Å². The molecule has 23 heavy (non-hydrogen) atoms.